The quantitative estimate of drug-likeness (QED) is 0.708. The SMILES string of the molecule is Cc1ccc(N2CC3CNC3C2)cn1. The van der Waals surface area contributed by atoms with Gasteiger partial charge in [0, 0.05) is 37.3 Å². The second-order valence-electron chi connectivity index (χ2n) is 4.34. The van der Waals surface area contributed by atoms with Crippen molar-refractivity contribution in [3.63, 3.8) is 0 Å². The first kappa shape index (κ1) is 8.24. The summed E-state index contributed by atoms with van der Waals surface area (Å²) in [5.74, 6) is 0.872. The number of fused-ring (bicyclic) bond motifs is 1. The van der Waals surface area contributed by atoms with E-state index in [1.807, 2.05) is 13.1 Å². The summed E-state index contributed by atoms with van der Waals surface area (Å²) in [6, 6.07) is 4.99. The lowest BCUT2D eigenvalue weighted by atomic mass is 9.96. The zero-order valence-corrected chi connectivity index (χ0v) is 8.40. The fourth-order valence-corrected chi connectivity index (χ4v) is 2.31. The van der Waals surface area contributed by atoms with Crippen LogP contribution in [0.1, 0.15) is 5.69 Å². The summed E-state index contributed by atoms with van der Waals surface area (Å²) in [7, 11) is 0. The molecule has 1 aromatic rings. The monoisotopic (exact) mass is 189 g/mol. The van der Waals surface area contributed by atoms with E-state index in [2.05, 4.69) is 27.3 Å². The smallest absolute Gasteiger partial charge is 0.0553 e. The lowest BCUT2D eigenvalue weighted by Gasteiger charge is -2.29. The second kappa shape index (κ2) is 2.95. The highest BCUT2D eigenvalue weighted by Crippen LogP contribution is 2.27. The zero-order chi connectivity index (χ0) is 9.54. The number of hydrogen-bond acceptors (Lipinski definition) is 3. The fraction of sp³-hybridized carbons (Fsp3) is 0.545. The van der Waals surface area contributed by atoms with Gasteiger partial charge < -0.3 is 10.2 Å². The maximum Gasteiger partial charge on any atom is 0.0553 e. The number of aromatic nitrogens is 1. The van der Waals surface area contributed by atoms with E-state index in [0.29, 0.717) is 0 Å². The molecule has 2 fully saturated rings. The largest absolute Gasteiger partial charge is 0.368 e. The van der Waals surface area contributed by atoms with E-state index in [0.717, 1.165) is 24.2 Å². The summed E-state index contributed by atoms with van der Waals surface area (Å²) in [6.07, 6.45) is 1.99. The van der Waals surface area contributed by atoms with E-state index in [9.17, 15) is 0 Å². The van der Waals surface area contributed by atoms with Crippen LogP contribution < -0.4 is 10.2 Å². The molecule has 74 valence electrons. The molecule has 0 bridgehead atoms. The van der Waals surface area contributed by atoms with E-state index in [-0.39, 0.29) is 0 Å². The Morgan fingerprint density at radius 1 is 1.43 bits per heavy atom. The van der Waals surface area contributed by atoms with Gasteiger partial charge in [-0.1, -0.05) is 0 Å². The molecule has 1 N–H and O–H groups in total. The Bertz CT molecular complexity index is 321. The molecule has 0 radical (unpaired) electrons. The predicted octanol–water partition coefficient (Wildman–Crippen LogP) is 0.798. The lowest BCUT2D eigenvalue weighted by molar-refractivity contribution is 0.297. The first-order valence-corrected chi connectivity index (χ1v) is 5.24. The Hall–Kier alpha value is -1.09. The van der Waals surface area contributed by atoms with E-state index >= 15 is 0 Å². The highest BCUT2D eigenvalue weighted by Gasteiger charge is 2.38. The van der Waals surface area contributed by atoms with Crippen molar-refractivity contribution < 1.29 is 0 Å². The molecule has 2 saturated heterocycles. The minimum Gasteiger partial charge on any atom is -0.368 e. The number of nitrogens with one attached hydrogen (secondary N) is 1. The molecule has 2 atom stereocenters. The van der Waals surface area contributed by atoms with Crippen molar-refractivity contribution in [3.05, 3.63) is 24.0 Å². The van der Waals surface area contributed by atoms with Gasteiger partial charge in [0.05, 0.1) is 11.9 Å². The Labute approximate surface area is 84.1 Å². The first-order chi connectivity index (χ1) is 6.83. The van der Waals surface area contributed by atoms with Crippen LogP contribution in [0.5, 0.6) is 0 Å². The number of anilines is 1. The second-order valence-corrected chi connectivity index (χ2v) is 4.34. The molecule has 0 saturated carbocycles. The Balaban J connectivity index is 1.79. The van der Waals surface area contributed by atoms with Crippen molar-refractivity contribution >= 4 is 5.69 Å². The van der Waals surface area contributed by atoms with Crippen LogP contribution in [0.2, 0.25) is 0 Å². The van der Waals surface area contributed by atoms with Gasteiger partial charge in [-0.25, -0.2) is 0 Å². The van der Waals surface area contributed by atoms with Gasteiger partial charge in [0.1, 0.15) is 0 Å². The molecule has 3 heterocycles. The number of hydrogen-bond donors (Lipinski definition) is 1. The van der Waals surface area contributed by atoms with E-state index in [1.54, 1.807) is 0 Å². The standard InChI is InChI=1S/C11H15N3/c1-8-2-3-10(5-12-8)14-6-9-4-13-11(9)7-14/h2-3,5,9,11,13H,4,6-7H2,1H3. The molecule has 0 spiro atoms. The van der Waals surface area contributed by atoms with Crippen LogP contribution in [-0.4, -0.2) is 30.7 Å². The van der Waals surface area contributed by atoms with E-state index in [4.69, 9.17) is 0 Å². The van der Waals surface area contributed by atoms with Gasteiger partial charge in [-0.05, 0) is 19.1 Å². The van der Waals surface area contributed by atoms with E-state index in [1.165, 1.54) is 18.8 Å². The fourth-order valence-electron chi connectivity index (χ4n) is 2.31. The summed E-state index contributed by atoms with van der Waals surface area (Å²) in [5, 5.41) is 3.46. The van der Waals surface area contributed by atoms with Gasteiger partial charge in [0.15, 0.2) is 0 Å². The molecule has 2 aliphatic heterocycles. The predicted molar refractivity (Wildman–Crippen MR) is 56.5 cm³/mol. The van der Waals surface area contributed by atoms with Crippen molar-refractivity contribution in [1.82, 2.24) is 10.3 Å². The van der Waals surface area contributed by atoms with Gasteiger partial charge in [-0.15, -0.1) is 0 Å². The minimum atomic E-state index is 0.733. The van der Waals surface area contributed by atoms with Crippen LogP contribution in [0.3, 0.4) is 0 Å². The van der Waals surface area contributed by atoms with Crippen LogP contribution >= 0.6 is 0 Å². The van der Waals surface area contributed by atoms with E-state index < -0.39 is 0 Å². The molecule has 14 heavy (non-hydrogen) atoms. The normalized spacial score (nSPS) is 29.9. The molecule has 2 aliphatic rings. The van der Waals surface area contributed by atoms with Crippen molar-refractivity contribution in [2.75, 3.05) is 24.5 Å². The third kappa shape index (κ3) is 1.20. The van der Waals surface area contributed by atoms with Gasteiger partial charge in [-0.3, -0.25) is 4.98 Å². The summed E-state index contributed by atoms with van der Waals surface area (Å²) in [4.78, 5) is 6.76. The van der Waals surface area contributed by atoms with Crippen molar-refractivity contribution in [2.45, 2.75) is 13.0 Å². The maximum absolute atomic E-state index is 4.33. The zero-order valence-electron chi connectivity index (χ0n) is 8.40. The maximum atomic E-state index is 4.33. The first-order valence-electron chi connectivity index (χ1n) is 5.24. The summed E-state index contributed by atoms with van der Waals surface area (Å²) >= 11 is 0. The van der Waals surface area contributed by atoms with Gasteiger partial charge in [-0.2, -0.15) is 0 Å². The van der Waals surface area contributed by atoms with Crippen LogP contribution in [-0.2, 0) is 0 Å². The molecule has 1 aromatic heterocycles. The van der Waals surface area contributed by atoms with Gasteiger partial charge in [0.2, 0.25) is 0 Å². The molecule has 3 nitrogen and oxygen atoms in total. The number of pyridine rings is 1. The number of nitrogens with zero attached hydrogens (tertiary/aromatic N) is 2. The number of rotatable bonds is 1. The molecular formula is C11H15N3. The van der Waals surface area contributed by atoms with Gasteiger partial charge in [0.25, 0.3) is 0 Å². The molecule has 3 rings (SSSR count). The third-order valence-electron chi connectivity index (χ3n) is 3.34. The van der Waals surface area contributed by atoms with Gasteiger partial charge >= 0.3 is 0 Å². The van der Waals surface area contributed by atoms with Crippen molar-refractivity contribution in [3.8, 4) is 0 Å². The molecular weight excluding hydrogens is 174 g/mol. The lowest BCUT2D eigenvalue weighted by Crippen LogP contribution is -2.51. The molecule has 0 aliphatic carbocycles. The molecule has 2 unspecified atom stereocenters. The van der Waals surface area contributed by atoms with Crippen LogP contribution in [0.4, 0.5) is 5.69 Å². The molecule has 0 aromatic carbocycles. The van der Waals surface area contributed by atoms with Crippen molar-refractivity contribution in [2.24, 2.45) is 5.92 Å². The Morgan fingerprint density at radius 2 is 2.36 bits per heavy atom. The summed E-state index contributed by atoms with van der Waals surface area (Å²) in [5.41, 5.74) is 2.36. The minimum absolute atomic E-state index is 0.733. The van der Waals surface area contributed by atoms with Crippen LogP contribution in [0, 0.1) is 12.8 Å². The summed E-state index contributed by atoms with van der Waals surface area (Å²) < 4.78 is 0. The molecule has 0 amide bonds. The Kier molecular flexibility index (Phi) is 1.74. The Morgan fingerprint density at radius 3 is 2.86 bits per heavy atom. The van der Waals surface area contributed by atoms with Crippen molar-refractivity contribution in [1.29, 1.82) is 0 Å². The molecule has 3 heteroatoms. The average molecular weight is 189 g/mol. The topological polar surface area (TPSA) is 28.2 Å². The number of aryl methyl sites for hydroxylation is 1. The third-order valence-corrected chi connectivity index (χ3v) is 3.34. The van der Waals surface area contributed by atoms with Crippen LogP contribution in [0.25, 0.3) is 0 Å². The average Bonchev–Trinajstić information content (AvgIpc) is 2.45. The highest BCUT2D eigenvalue weighted by molar-refractivity contribution is 5.46. The van der Waals surface area contributed by atoms with Crippen LogP contribution in [0.15, 0.2) is 18.3 Å². The summed E-state index contributed by atoms with van der Waals surface area (Å²) in [6.45, 7) is 5.57. The highest BCUT2D eigenvalue weighted by atomic mass is 15.2.